The van der Waals surface area contributed by atoms with Gasteiger partial charge in [-0.2, -0.15) is 0 Å². The van der Waals surface area contributed by atoms with Crippen molar-refractivity contribution in [1.82, 2.24) is 0 Å². The highest BCUT2D eigenvalue weighted by Gasteiger charge is 2.04. The smallest absolute Gasteiger partial charge is 0.101 e. The van der Waals surface area contributed by atoms with Gasteiger partial charge in [-0.15, -0.1) is 11.3 Å². The second-order valence-electron chi connectivity index (χ2n) is 2.28. The van der Waals surface area contributed by atoms with E-state index in [-0.39, 0.29) is 0 Å². The van der Waals surface area contributed by atoms with Gasteiger partial charge < -0.3 is 5.73 Å². The van der Waals surface area contributed by atoms with E-state index in [1.54, 1.807) is 11.3 Å². The summed E-state index contributed by atoms with van der Waals surface area (Å²) in [4.78, 5) is 0. The first-order chi connectivity index (χ1) is 5.29. The van der Waals surface area contributed by atoms with Gasteiger partial charge in [-0.1, -0.05) is 18.2 Å². The van der Waals surface area contributed by atoms with E-state index < -0.39 is 0 Å². The van der Waals surface area contributed by atoms with Crippen molar-refractivity contribution < 1.29 is 0 Å². The maximum Gasteiger partial charge on any atom is 0.101 e. The van der Waals surface area contributed by atoms with E-state index in [1.165, 1.54) is 10.1 Å². The van der Waals surface area contributed by atoms with Crippen molar-refractivity contribution in [1.29, 1.82) is 0 Å². The minimum absolute atomic E-state index is 0.853. The van der Waals surface area contributed by atoms with Crippen LogP contribution < -0.4 is 5.73 Å². The zero-order valence-electron chi connectivity index (χ0n) is 5.67. The van der Waals surface area contributed by atoms with Gasteiger partial charge in [-0.3, -0.25) is 0 Å². The monoisotopic (exact) mass is 227 g/mol. The van der Waals surface area contributed by atoms with Crippen LogP contribution in [-0.4, -0.2) is 0 Å². The number of nitrogen functional groups attached to an aromatic ring is 1. The predicted molar refractivity (Wildman–Crippen MR) is 53.9 cm³/mol. The summed E-state index contributed by atoms with van der Waals surface area (Å²) in [5, 5.41) is 2.06. The van der Waals surface area contributed by atoms with Crippen LogP contribution in [0.5, 0.6) is 0 Å². The number of nitrogens with two attached hydrogens (primary N) is 1. The molecule has 1 aromatic carbocycles. The van der Waals surface area contributed by atoms with Gasteiger partial charge in [0.05, 0.1) is 4.47 Å². The van der Waals surface area contributed by atoms with Gasteiger partial charge in [0.15, 0.2) is 0 Å². The van der Waals surface area contributed by atoms with Crippen LogP contribution in [0.25, 0.3) is 10.1 Å². The van der Waals surface area contributed by atoms with Crippen molar-refractivity contribution in [3.05, 3.63) is 28.7 Å². The number of benzene rings is 1. The third-order valence-corrected chi connectivity index (χ3v) is 3.68. The fourth-order valence-electron chi connectivity index (χ4n) is 1.03. The highest BCUT2D eigenvalue weighted by atomic mass is 79.9. The summed E-state index contributed by atoms with van der Waals surface area (Å²) in [5.74, 6) is 0. The Labute approximate surface area is 77.0 Å². The number of thiophene rings is 1. The third-order valence-electron chi connectivity index (χ3n) is 1.56. The summed E-state index contributed by atoms with van der Waals surface area (Å²) in [5.41, 5.74) is 5.72. The Balaban J connectivity index is 2.92. The summed E-state index contributed by atoms with van der Waals surface area (Å²) < 4.78 is 2.26. The van der Waals surface area contributed by atoms with Crippen molar-refractivity contribution in [2.45, 2.75) is 0 Å². The normalized spacial score (nSPS) is 10.6. The molecule has 1 nitrogen and oxygen atoms in total. The molecule has 2 rings (SSSR count). The fraction of sp³-hybridized carbons (Fsp3) is 0. The van der Waals surface area contributed by atoms with E-state index in [1.807, 2.05) is 12.1 Å². The second-order valence-corrected chi connectivity index (χ2v) is 4.15. The van der Waals surface area contributed by atoms with E-state index in [0.29, 0.717) is 0 Å². The summed E-state index contributed by atoms with van der Waals surface area (Å²) in [6.07, 6.45) is 0. The van der Waals surface area contributed by atoms with E-state index in [9.17, 15) is 0 Å². The Bertz CT molecular complexity index is 394. The molecule has 0 atom stereocenters. The number of halogens is 1. The lowest BCUT2D eigenvalue weighted by Gasteiger charge is -1.86. The molecule has 0 saturated carbocycles. The first-order valence-electron chi connectivity index (χ1n) is 3.21. The lowest BCUT2D eigenvalue weighted by Crippen LogP contribution is -1.76. The lowest BCUT2D eigenvalue weighted by atomic mass is 10.3. The van der Waals surface area contributed by atoms with E-state index in [2.05, 4.69) is 28.1 Å². The topological polar surface area (TPSA) is 26.0 Å². The first kappa shape index (κ1) is 7.13. The zero-order valence-corrected chi connectivity index (χ0v) is 8.08. The molecule has 0 amide bonds. The average molecular weight is 228 g/mol. The SMILES string of the molecule is Nc1sc2ccccc2c1Br. The summed E-state index contributed by atoms with van der Waals surface area (Å²) in [6, 6.07) is 8.16. The van der Waals surface area contributed by atoms with Gasteiger partial charge in [-0.05, 0) is 22.0 Å². The molecule has 0 fully saturated rings. The molecule has 2 N–H and O–H groups in total. The minimum Gasteiger partial charge on any atom is -0.390 e. The van der Waals surface area contributed by atoms with Crippen LogP contribution in [0.3, 0.4) is 0 Å². The fourth-order valence-corrected chi connectivity index (χ4v) is 2.62. The van der Waals surface area contributed by atoms with Crippen molar-refractivity contribution in [3.63, 3.8) is 0 Å². The van der Waals surface area contributed by atoms with Gasteiger partial charge in [-0.25, -0.2) is 0 Å². The predicted octanol–water partition coefficient (Wildman–Crippen LogP) is 3.25. The van der Waals surface area contributed by atoms with Crippen molar-refractivity contribution in [2.75, 3.05) is 5.73 Å². The molecule has 1 heterocycles. The van der Waals surface area contributed by atoms with Crippen LogP contribution in [0, 0.1) is 0 Å². The molecule has 1 aromatic heterocycles. The van der Waals surface area contributed by atoms with Crippen LogP contribution in [0.2, 0.25) is 0 Å². The largest absolute Gasteiger partial charge is 0.390 e. The molecule has 0 radical (unpaired) electrons. The molecule has 3 heteroatoms. The Hall–Kier alpha value is -0.540. The van der Waals surface area contributed by atoms with Gasteiger partial charge in [0.2, 0.25) is 0 Å². The number of hydrogen-bond donors (Lipinski definition) is 1. The second kappa shape index (κ2) is 2.50. The number of rotatable bonds is 0. The standard InChI is InChI=1S/C8H6BrNS/c9-7-5-3-1-2-4-6(5)11-8(7)10/h1-4H,10H2. The molecule has 11 heavy (non-hydrogen) atoms. The van der Waals surface area contributed by atoms with Crippen LogP contribution in [0.1, 0.15) is 0 Å². The minimum atomic E-state index is 0.853. The van der Waals surface area contributed by atoms with E-state index in [0.717, 1.165) is 9.47 Å². The average Bonchev–Trinajstić information content (AvgIpc) is 2.30. The molecule has 0 bridgehead atoms. The molecule has 56 valence electrons. The molecule has 0 spiro atoms. The van der Waals surface area contributed by atoms with Crippen molar-refractivity contribution >= 4 is 42.4 Å². The summed E-state index contributed by atoms with van der Waals surface area (Å²) in [7, 11) is 0. The number of fused-ring (bicyclic) bond motifs is 1. The molecule has 0 aliphatic heterocycles. The number of anilines is 1. The quantitative estimate of drug-likeness (QED) is 0.735. The van der Waals surface area contributed by atoms with Crippen LogP contribution in [0.4, 0.5) is 5.00 Å². The van der Waals surface area contributed by atoms with Gasteiger partial charge in [0.25, 0.3) is 0 Å². The Morgan fingerprint density at radius 3 is 2.73 bits per heavy atom. The van der Waals surface area contributed by atoms with Crippen molar-refractivity contribution in [3.8, 4) is 0 Å². The van der Waals surface area contributed by atoms with Gasteiger partial charge >= 0.3 is 0 Å². The van der Waals surface area contributed by atoms with Crippen LogP contribution in [-0.2, 0) is 0 Å². The number of hydrogen-bond acceptors (Lipinski definition) is 2. The molecule has 0 aliphatic carbocycles. The molecular weight excluding hydrogens is 222 g/mol. The maximum atomic E-state index is 5.72. The molecular formula is C8H6BrNS. The summed E-state index contributed by atoms with van der Waals surface area (Å²) >= 11 is 5.05. The Morgan fingerprint density at radius 1 is 1.27 bits per heavy atom. The molecule has 0 unspecified atom stereocenters. The lowest BCUT2D eigenvalue weighted by molar-refractivity contribution is 1.82. The zero-order chi connectivity index (χ0) is 7.84. The van der Waals surface area contributed by atoms with E-state index in [4.69, 9.17) is 5.73 Å². The van der Waals surface area contributed by atoms with Crippen molar-refractivity contribution in [2.24, 2.45) is 0 Å². The van der Waals surface area contributed by atoms with Gasteiger partial charge in [0, 0.05) is 10.1 Å². The molecule has 2 aromatic rings. The highest BCUT2D eigenvalue weighted by Crippen LogP contribution is 2.36. The highest BCUT2D eigenvalue weighted by molar-refractivity contribution is 9.10. The first-order valence-corrected chi connectivity index (χ1v) is 4.82. The Kier molecular flexibility index (Phi) is 1.62. The van der Waals surface area contributed by atoms with Crippen LogP contribution >= 0.6 is 27.3 Å². The van der Waals surface area contributed by atoms with Gasteiger partial charge in [0.1, 0.15) is 5.00 Å². The maximum absolute atomic E-state index is 5.72. The van der Waals surface area contributed by atoms with Crippen LogP contribution in [0.15, 0.2) is 28.7 Å². The molecule has 0 aliphatic rings. The molecule has 0 saturated heterocycles. The Morgan fingerprint density at radius 2 is 2.00 bits per heavy atom. The third kappa shape index (κ3) is 1.04. The summed E-state index contributed by atoms with van der Waals surface area (Å²) in [6.45, 7) is 0. The van der Waals surface area contributed by atoms with E-state index >= 15 is 0 Å².